The number of hydrogen-bond acceptors (Lipinski definition) is 6. The Morgan fingerprint density at radius 1 is 1.20 bits per heavy atom. The van der Waals surface area contributed by atoms with Gasteiger partial charge in [0.25, 0.3) is 11.1 Å². The lowest BCUT2D eigenvalue weighted by molar-refractivity contribution is 0.727. The number of thioether (sulfide) groups is 1. The van der Waals surface area contributed by atoms with Crippen LogP contribution in [0, 0.1) is 6.92 Å². The zero-order valence-corrected chi connectivity index (χ0v) is 15.2. The maximum Gasteiger partial charge on any atom is 0.262 e. The van der Waals surface area contributed by atoms with Crippen LogP contribution in [0.15, 0.2) is 50.6 Å². The molecule has 0 atom stereocenters. The van der Waals surface area contributed by atoms with Gasteiger partial charge in [0.05, 0.1) is 11.1 Å². The first-order chi connectivity index (χ1) is 12.0. The molecule has 126 valence electrons. The highest BCUT2D eigenvalue weighted by atomic mass is 32.2. The molecule has 0 radical (unpaired) electrons. The molecule has 0 bridgehead atoms. The molecule has 0 saturated heterocycles. The van der Waals surface area contributed by atoms with Crippen LogP contribution in [0.4, 0.5) is 0 Å². The first-order valence-corrected chi connectivity index (χ1v) is 9.45. The van der Waals surface area contributed by atoms with Gasteiger partial charge in [-0.2, -0.15) is 0 Å². The molecule has 0 spiro atoms. The van der Waals surface area contributed by atoms with E-state index in [1.54, 1.807) is 19.3 Å². The first kappa shape index (κ1) is 16.0. The van der Waals surface area contributed by atoms with Crippen molar-refractivity contribution >= 4 is 39.0 Å². The molecule has 0 saturated carbocycles. The van der Waals surface area contributed by atoms with Crippen molar-refractivity contribution in [2.24, 2.45) is 7.05 Å². The van der Waals surface area contributed by atoms with Gasteiger partial charge in [-0.25, -0.2) is 9.97 Å². The smallest absolute Gasteiger partial charge is 0.262 e. The summed E-state index contributed by atoms with van der Waals surface area (Å²) >= 11 is 2.85. The fourth-order valence-electron chi connectivity index (χ4n) is 2.58. The van der Waals surface area contributed by atoms with Gasteiger partial charge in [-0.05, 0) is 30.0 Å². The number of thiophene rings is 1. The second-order valence-electron chi connectivity index (χ2n) is 5.71. The average Bonchev–Trinajstić information content (AvgIpc) is 3.06. The third-order valence-electron chi connectivity index (χ3n) is 3.87. The summed E-state index contributed by atoms with van der Waals surface area (Å²) in [6, 6.07) is 7.07. The number of rotatable bonds is 3. The highest BCUT2D eigenvalue weighted by Crippen LogP contribution is 2.22. The predicted molar refractivity (Wildman–Crippen MR) is 101 cm³/mol. The van der Waals surface area contributed by atoms with Gasteiger partial charge >= 0.3 is 0 Å². The molecule has 4 rings (SSSR count). The molecule has 25 heavy (non-hydrogen) atoms. The van der Waals surface area contributed by atoms with Crippen LogP contribution in [-0.4, -0.2) is 18.9 Å². The molecule has 4 heterocycles. The van der Waals surface area contributed by atoms with Crippen molar-refractivity contribution in [1.29, 1.82) is 0 Å². The Morgan fingerprint density at radius 2 is 2.04 bits per heavy atom. The van der Waals surface area contributed by atoms with Crippen LogP contribution in [0.25, 0.3) is 15.9 Å². The number of aromatic nitrogens is 4. The van der Waals surface area contributed by atoms with Gasteiger partial charge in [0.15, 0.2) is 5.16 Å². The molecule has 0 aromatic carbocycles. The average molecular weight is 370 g/mol. The lowest BCUT2D eigenvalue weighted by Gasteiger charge is -2.07. The minimum absolute atomic E-state index is 0.0595. The maximum absolute atomic E-state index is 12.3. The van der Waals surface area contributed by atoms with Gasteiger partial charge in [-0.15, -0.1) is 11.3 Å². The van der Waals surface area contributed by atoms with Crippen molar-refractivity contribution in [2.75, 3.05) is 0 Å². The summed E-state index contributed by atoms with van der Waals surface area (Å²) in [4.78, 5) is 34.4. The van der Waals surface area contributed by atoms with E-state index in [0.29, 0.717) is 27.6 Å². The van der Waals surface area contributed by atoms with E-state index in [1.807, 2.05) is 24.4 Å². The summed E-state index contributed by atoms with van der Waals surface area (Å²) in [5, 5.41) is 3.11. The summed E-state index contributed by atoms with van der Waals surface area (Å²) in [7, 11) is 1.71. The molecular weight excluding hydrogens is 356 g/mol. The molecule has 0 unspecified atom stereocenters. The third-order valence-corrected chi connectivity index (χ3v) is 5.74. The van der Waals surface area contributed by atoms with E-state index in [1.165, 1.54) is 38.1 Å². The van der Waals surface area contributed by atoms with Crippen LogP contribution in [0.2, 0.25) is 0 Å². The molecule has 4 aromatic rings. The zero-order chi connectivity index (χ0) is 17.6. The molecule has 0 aliphatic heterocycles. The summed E-state index contributed by atoms with van der Waals surface area (Å²) in [6.07, 6.45) is 1.78. The summed E-state index contributed by atoms with van der Waals surface area (Å²) in [5.74, 6) is 0.469. The van der Waals surface area contributed by atoms with E-state index >= 15 is 0 Å². The Hall–Kier alpha value is -2.45. The molecule has 0 amide bonds. The van der Waals surface area contributed by atoms with Crippen molar-refractivity contribution in [3.8, 4) is 0 Å². The van der Waals surface area contributed by atoms with Crippen LogP contribution < -0.4 is 11.1 Å². The van der Waals surface area contributed by atoms with Crippen LogP contribution >= 0.6 is 23.1 Å². The fraction of sp³-hybridized carbons (Fsp3) is 0.176. The summed E-state index contributed by atoms with van der Waals surface area (Å²) < 4.78 is 3.08. The van der Waals surface area contributed by atoms with Crippen molar-refractivity contribution < 1.29 is 0 Å². The van der Waals surface area contributed by atoms with E-state index in [-0.39, 0.29) is 11.1 Å². The minimum atomic E-state index is -0.111. The second-order valence-corrected chi connectivity index (χ2v) is 7.54. The lowest BCUT2D eigenvalue weighted by atomic mass is 10.3. The number of fused-ring (bicyclic) bond motifs is 2. The van der Waals surface area contributed by atoms with E-state index in [4.69, 9.17) is 0 Å². The predicted octanol–water partition coefficient (Wildman–Crippen LogP) is 2.60. The molecule has 4 aromatic heterocycles. The standard InChI is InChI=1S/C17H14N4O2S2/c1-10-3-4-13-18-11(7-14(22)21(13)8-10)9-25-17-19-15-12(5-6-24-15)16(23)20(17)2/h3-8H,9H2,1-2H3. The molecule has 0 N–H and O–H groups in total. The molecule has 0 aliphatic rings. The fourth-order valence-corrected chi connectivity index (χ4v) is 4.25. The van der Waals surface area contributed by atoms with E-state index in [0.717, 1.165) is 10.4 Å². The zero-order valence-electron chi connectivity index (χ0n) is 13.6. The molecule has 6 nitrogen and oxygen atoms in total. The van der Waals surface area contributed by atoms with E-state index in [9.17, 15) is 9.59 Å². The third kappa shape index (κ3) is 2.87. The summed E-state index contributed by atoms with van der Waals surface area (Å²) in [5.41, 5.74) is 2.11. The van der Waals surface area contributed by atoms with Crippen molar-refractivity contribution in [3.05, 3.63) is 67.8 Å². The lowest BCUT2D eigenvalue weighted by Crippen LogP contribution is -2.19. The Labute approximate surface area is 150 Å². The SMILES string of the molecule is Cc1ccc2nc(CSc3nc4sccc4c(=O)n3C)cc(=O)n2c1. The normalized spacial score (nSPS) is 11.4. The van der Waals surface area contributed by atoms with E-state index < -0.39 is 0 Å². The quantitative estimate of drug-likeness (QED) is 0.410. The first-order valence-electron chi connectivity index (χ1n) is 7.59. The monoisotopic (exact) mass is 370 g/mol. The largest absolute Gasteiger partial charge is 0.290 e. The van der Waals surface area contributed by atoms with Gasteiger partial charge in [-0.3, -0.25) is 18.6 Å². The van der Waals surface area contributed by atoms with Gasteiger partial charge in [0.2, 0.25) is 0 Å². The van der Waals surface area contributed by atoms with Gasteiger partial charge in [0.1, 0.15) is 10.5 Å². The Morgan fingerprint density at radius 3 is 2.88 bits per heavy atom. The molecular formula is C17H14N4O2S2. The maximum atomic E-state index is 12.3. The molecule has 8 heteroatoms. The van der Waals surface area contributed by atoms with Crippen LogP contribution in [0.1, 0.15) is 11.3 Å². The van der Waals surface area contributed by atoms with Gasteiger partial charge in [-0.1, -0.05) is 17.8 Å². The molecule has 0 fully saturated rings. The van der Waals surface area contributed by atoms with Gasteiger partial charge < -0.3 is 0 Å². The van der Waals surface area contributed by atoms with Crippen LogP contribution in [-0.2, 0) is 12.8 Å². The number of hydrogen-bond donors (Lipinski definition) is 0. The Balaban J connectivity index is 1.69. The Bertz CT molecular complexity index is 1220. The van der Waals surface area contributed by atoms with Crippen LogP contribution in [0.3, 0.4) is 0 Å². The second kappa shape index (κ2) is 6.12. The van der Waals surface area contributed by atoms with Crippen molar-refractivity contribution in [1.82, 2.24) is 18.9 Å². The highest BCUT2D eigenvalue weighted by Gasteiger charge is 2.11. The summed E-state index contributed by atoms with van der Waals surface area (Å²) in [6.45, 7) is 1.93. The Kier molecular flexibility index (Phi) is 3.93. The van der Waals surface area contributed by atoms with Crippen molar-refractivity contribution in [3.63, 3.8) is 0 Å². The molecule has 0 aliphatic carbocycles. The topological polar surface area (TPSA) is 69.3 Å². The minimum Gasteiger partial charge on any atom is -0.290 e. The van der Waals surface area contributed by atoms with Crippen molar-refractivity contribution in [2.45, 2.75) is 17.8 Å². The highest BCUT2D eigenvalue weighted by molar-refractivity contribution is 7.98. The number of aryl methyl sites for hydroxylation is 1. The number of nitrogens with zero attached hydrogens (tertiary/aromatic N) is 4. The van der Waals surface area contributed by atoms with Crippen LogP contribution in [0.5, 0.6) is 0 Å². The van der Waals surface area contributed by atoms with E-state index in [2.05, 4.69) is 9.97 Å². The van der Waals surface area contributed by atoms with Gasteiger partial charge in [0, 0.05) is 25.1 Å². The number of pyridine rings is 1.